The fraction of sp³-hybridized carbons (Fsp3) is 0.537. The van der Waals surface area contributed by atoms with E-state index in [1.165, 1.54) is 47.3 Å². The fourth-order valence-corrected chi connectivity index (χ4v) is 8.25. The Morgan fingerprint density at radius 3 is 2.52 bits per heavy atom. The van der Waals surface area contributed by atoms with Gasteiger partial charge < -0.3 is 0 Å². The molecule has 1 saturated carbocycles. The van der Waals surface area contributed by atoms with E-state index >= 15 is 0 Å². The van der Waals surface area contributed by atoms with Crippen molar-refractivity contribution in [3.05, 3.63) is 86.6 Å². The molecule has 2 aromatic carbocycles. The zero-order valence-electron chi connectivity index (χ0n) is 28.5. The van der Waals surface area contributed by atoms with Crippen LogP contribution >= 0.6 is 11.3 Å². The van der Waals surface area contributed by atoms with Gasteiger partial charge in [0.05, 0.1) is 4.88 Å². The summed E-state index contributed by atoms with van der Waals surface area (Å²) < 4.78 is 0. The Balaban J connectivity index is 1.44. The maximum atomic E-state index is 13.8. The van der Waals surface area contributed by atoms with E-state index in [1.807, 2.05) is 17.5 Å². The third-order valence-corrected chi connectivity index (χ3v) is 11.1. The minimum absolute atomic E-state index is 0.0606. The first-order chi connectivity index (χ1) is 22.3. The van der Waals surface area contributed by atoms with Crippen LogP contribution < -0.4 is 5.46 Å². The predicted molar refractivity (Wildman–Crippen MR) is 194 cm³/mol. The van der Waals surface area contributed by atoms with Crippen molar-refractivity contribution in [1.29, 1.82) is 0 Å². The number of aryl methyl sites for hydroxylation is 2. The fourth-order valence-electron chi connectivity index (χ4n) is 7.43. The first-order valence-corrected chi connectivity index (χ1v) is 18.8. The first kappa shape index (κ1) is 36.1. The van der Waals surface area contributed by atoms with Gasteiger partial charge in [0.15, 0.2) is 11.6 Å². The van der Waals surface area contributed by atoms with E-state index in [0.29, 0.717) is 46.4 Å². The number of unbranched alkanes of at least 4 members (excludes halogenated alkanes) is 2. The van der Waals surface area contributed by atoms with E-state index in [0.717, 1.165) is 76.2 Å². The molecule has 0 bridgehead atoms. The lowest BCUT2D eigenvalue weighted by Gasteiger charge is -2.21. The molecule has 5 heteroatoms. The normalized spacial score (nSPS) is 16.3. The van der Waals surface area contributed by atoms with Crippen LogP contribution in [0.2, 0.25) is 0 Å². The smallest absolute Gasteiger partial charge is 0.179 e. The second-order valence-electron chi connectivity index (χ2n) is 13.6. The summed E-state index contributed by atoms with van der Waals surface area (Å²) >= 11 is 1.41. The average molecular weight is 637 g/mol. The van der Waals surface area contributed by atoms with E-state index in [4.69, 9.17) is 7.85 Å². The molecule has 0 N–H and O–H groups in total. The zero-order valence-corrected chi connectivity index (χ0v) is 29.3. The molecule has 1 heterocycles. The highest BCUT2D eigenvalue weighted by Gasteiger charge is 2.26. The molecule has 3 unspecified atom stereocenters. The maximum Gasteiger partial charge on any atom is 0.179 e. The van der Waals surface area contributed by atoms with Crippen LogP contribution in [0.5, 0.6) is 0 Å². The van der Waals surface area contributed by atoms with Crippen LogP contribution in [0.1, 0.15) is 152 Å². The molecule has 1 aliphatic carbocycles. The van der Waals surface area contributed by atoms with Crippen molar-refractivity contribution in [1.82, 2.24) is 0 Å². The van der Waals surface area contributed by atoms with Crippen molar-refractivity contribution < 1.29 is 14.4 Å². The van der Waals surface area contributed by atoms with Crippen LogP contribution in [0.25, 0.3) is 0 Å². The molecule has 3 nitrogen and oxygen atoms in total. The van der Waals surface area contributed by atoms with Gasteiger partial charge in [-0.1, -0.05) is 93.9 Å². The van der Waals surface area contributed by atoms with Crippen LogP contribution in [-0.4, -0.2) is 25.2 Å². The van der Waals surface area contributed by atoms with Gasteiger partial charge in [-0.15, -0.1) is 11.3 Å². The van der Waals surface area contributed by atoms with Gasteiger partial charge in [-0.3, -0.25) is 14.4 Å². The molecule has 1 aromatic heterocycles. The molecule has 2 radical (unpaired) electrons. The molecule has 0 saturated heterocycles. The van der Waals surface area contributed by atoms with Gasteiger partial charge in [0.1, 0.15) is 13.6 Å². The summed E-state index contributed by atoms with van der Waals surface area (Å²) in [5.74, 6) is 1.47. The molecule has 244 valence electrons. The molecule has 3 aromatic rings. The molecule has 0 amide bonds. The molecule has 0 aliphatic heterocycles. The molecular weight excluding hydrogens is 583 g/mol. The van der Waals surface area contributed by atoms with Crippen molar-refractivity contribution in [3.63, 3.8) is 0 Å². The van der Waals surface area contributed by atoms with E-state index in [9.17, 15) is 14.4 Å². The summed E-state index contributed by atoms with van der Waals surface area (Å²) in [6.45, 7) is 6.53. The van der Waals surface area contributed by atoms with E-state index in [1.54, 1.807) is 6.07 Å². The lowest BCUT2D eigenvalue weighted by atomic mass is 9.82. The lowest BCUT2D eigenvalue weighted by molar-refractivity contribution is -0.121. The van der Waals surface area contributed by atoms with Gasteiger partial charge in [0, 0.05) is 30.7 Å². The van der Waals surface area contributed by atoms with E-state index in [-0.39, 0.29) is 17.5 Å². The Hall–Kier alpha value is -2.79. The second-order valence-corrected chi connectivity index (χ2v) is 14.6. The molecule has 46 heavy (non-hydrogen) atoms. The molecule has 1 fully saturated rings. The minimum Gasteiger partial charge on any atom is -0.300 e. The number of rotatable bonds is 19. The van der Waals surface area contributed by atoms with Crippen LogP contribution in [0.4, 0.5) is 0 Å². The highest BCUT2D eigenvalue weighted by Crippen LogP contribution is 2.32. The zero-order chi connectivity index (χ0) is 32.9. The van der Waals surface area contributed by atoms with Gasteiger partial charge in [-0.25, -0.2) is 0 Å². The predicted octanol–water partition coefficient (Wildman–Crippen LogP) is 10.1. The van der Waals surface area contributed by atoms with Crippen molar-refractivity contribution in [2.75, 3.05) is 0 Å². The lowest BCUT2D eigenvalue weighted by Crippen LogP contribution is -2.20. The average Bonchev–Trinajstić information content (AvgIpc) is 3.48. The van der Waals surface area contributed by atoms with Gasteiger partial charge in [-0.05, 0) is 104 Å². The summed E-state index contributed by atoms with van der Waals surface area (Å²) in [7, 11) is 6.20. The summed E-state index contributed by atoms with van der Waals surface area (Å²) in [6.07, 6.45) is 15.5. The highest BCUT2D eigenvalue weighted by atomic mass is 32.1. The minimum atomic E-state index is -0.319. The molecule has 0 spiro atoms. The summed E-state index contributed by atoms with van der Waals surface area (Å²) in [5.41, 5.74) is 6.24. The number of benzene rings is 2. The topological polar surface area (TPSA) is 51.2 Å². The van der Waals surface area contributed by atoms with Crippen LogP contribution in [0.15, 0.2) is 53.9 Å². The van der Waals surface area contributed by atoms with Crippen molar-refractivity contribution >= 4 is 42.0 Å². The van der Waals surface area contributed by atoms with E-state index in [2.05, 4.69) is 51.1 Å². The summed E-state index contributed by atoms with van der Waals surface area (Å²) in [5, 5.41) is 1.88. The monoisotopic (exact) mass is 636 g/mol. The maximum absolute atomic E-state index is 13.8. The molecule has 1 aliphatic rings. The Bertz CT molecular complexity index is 1440. The summed E-state index contributed by atoms with van der Waals surface area (Å²) in [4.78, 5) is 39.6. The molecular formula is C41H53BO3S. The van der Waals surface area contributed by atoms with Crippen LogP contribution in [0.3, 0.4) is 0 Å². The van der Waals surface area contributed by atoms with Crippen molar-refractivity contribution in [2.24, 2.45) is 11.8 Å². The summed E-state index contributed by atoms with van der Waals surface area (Å²) in [6, 6.07) is 16.7. The Morgan fingerprint density at radius 2 is 1.80 bits per heavy atom. The number of ketones is 3. The van der Waals surface area contributed by atoms with Crippen molar-refractivity contribution in [2.45, 2.75) is 129 Å². The van der Waals surface area contributed by atoms with Crippen LogP contribution in [-0.2, 0) is 17.6 Å². The Morgan fingerprint density at radius 1 is 0.978 bits per heavy atom. The Kier molecular flexibility index (Phi) is 14.5. The number of carbonyl (C=O) groups is 3. The second kappa shape index (κ2) is 18.5. The van der Waals surface area contributed by atoms with Gasteiger partial charge >= 0.3 is 0 Å². The number of hydrogen-bond acceptors (Lipinski definition) is 4. The van der Waals surface area contributed by atoms with Crippen molar-refractivity contribution in [3.8, 4) is 0 Å². The Labute approximate surface area is 283 Å². The molecule has 4 rings (SSSR count). The largest absolute Gasteiger partial charge is 0.300 e. The van der Waals surface area contributed by atoms with Gasteiger partial charge in [0.25, 0.3) is 0 Å². The van der Waals surface area contributed by atoms with Gasteiger partial charge in [0.2, 0.25) is 0 Å². The highest BCUT2D eigenvalue weighted by molar-refractivity contribution is 7.13. The number of carbonyl (C=O) groups excluding carboxylic acids is 3. The SMILES string of the molecule is [B]c1ccsc1C(=O)C(CC)c1cc(C(=O)CCCCCC2CCCC(=O)C2)ccc1CCCC(CCC)Cc1ccccc1C. The van der Waals surface area contributed by atoms with E-state index < -0.39 is 0 Å². The molecule has 3 atom stereocenters. The third kappa shape index (κ3) is 10.4. The van der Waals surface area contributed by atoms with Crippen LogP contribution in [0, 0.1) is 18.8 Å². The van der Waals surface area contributed by atoms with Gasteiger partial charge in [-0.2, -0.15) is 0 Å². The first-order valence-electron chi connectivity index (χ1n) is 17.9. The number of thiophene rings is 1. The number of Topliss-reactive ketones (excluding diaryl/α,β-unsaturated/α-hetero) is 3. The quantitative estimate of drug-likeness (QED) is 0.0748. The third-order valence-electron chi connectivity index (χ3n) is 10.1. The standard InChI is InChI=1S/C41H53BO3S/c1-4-13-30(26-33-18-10-9-14-29(33)3)16-11-19-32-22-23-34(28-37(32)36(5-2)40(45)41-38(42)24-25-46-41)39(44)21-8-6-7-15-31-17-12-20-35(43)27-31/h9-10,14,18,22-25,28,30-31,36H,4-8,11-13,15-17,19-21,26-27H2,1-3H3. The number of hydrogen-bond donors (Lipinski definition) is 0.